The molecule has 0 saturated heterocycles. The van der Waals surface area contributed by atoms with Gasteiger partial charge in [0.2, 0.25) is 0 Å². The fraction of sp³-hybridized carbons (Fsp3) is 0.500. The first-order valence-electron chi connectivity index (χ1n) is 4.40. The van der Waals surface area contributed by atoms with E-state index >= 15 is 0 Å². The molecule has 0 aliphatic heterocycles. The van der Waals surface area contributed by atoms with Crippen LogP contribution in [0.25, 0.3) is 12.2 Å². The van der Waals surface area contributed by atoms with Crippen LogP contribution < -0.4 is 10.6 Å². The first-order chi connectivity index (χ1) is 5.68. The Balaban J connectivity index is 2.82. The number of aryl methyl sites for hydroxylation is 2. The van der Waals surface area contributed by atoms with Crippen molar-refractivity contribution in [2.75, 3.05) is 0 Å². The third-order valence-electron chi connectivity index (χ3n) is 2.45. The third-order valence-corrected chi connectivity index (χ3v) is 2.45. The Bertz CT molecular complexity index is 412. The Labute approximate surface area is 72.2 Å². The SMILES string of the molecule is Cc1nn(C)c2c1=CC(C)CC=2. The summed E-state index contributed by atoms with van der Waals surface area (Å²) in [5, 5.41) is 6.99. The summed E-state index contributed by atoms with van der Waals surface area (Å²) in [4.78, 5) is 0. The molecule has 0 N–H and O–H groups in total. The van der Waals surface area contributed by atoms with Gasteiger partial charge in [0.05, 0.1) is 11.0 Å². The second kappa shape index (κ2) is 2.47. The Morgan fingerprint density at radius 3 is 3.08 bits per heavy atom. The highest BCUT2D eigenvalue weighted by molar-refractivity contribution is 5.39. The molecule has 0 fully saturated rings. The standard InChI is InChI=1S/C10H14N2/c1-7-4-5-10-9(6-7)8(2)11-12(10)3/h5-7H,4H2,1-3H3. The van der Waals surface area contributed by atoms with Crippen LogP contribution in [0.15, 0.2) is 0 Å². The quantitative estimate of drug-likeness (QED) is 0.537. The van der Waals surface area contributed by atoms with Crippen LogP contribution in [0.1, 0.15) is 19.0 Å². The molecule has 0 amide bonds. The van der Waals surface area contributed by atoms with Gasteiger partial charge in [-0.1, -0.05) is 19.1 Å². The van der Waals surface area contributed by atoms with E-state index in [-0.39, 0.29) is 0 Å². The number of hydrogen-bond donors (Lipinski definition) is 0. The molecule has 2 nitrogen and oxygen atoms in total. The van der Waals surface area contributed by atoms with E-state index in [1.807, 2.05) is 11.7 Å². The van der Waals surface area contributed by atoms with Crippen molar-refractivity contribution >= 4 is 12.2 Å². The van der Waals surface area contributed by atoms with E-state index in [0.717, 1.165) is 12.1 Å². The number of rotatable bonds is 0. The van der Waals surface area contributed by atoms with Crippen molar-refractivity contribution in [3.63, 3.8) is 0 Å². The van der Waals surface area contributed by atoms with Crippen molar-refractivity contribution in [3.8, 4) is 0 Å². The van der Waals surface area contributed by atoms with Gasteiger partial charge in [-0.25, -0.2) is 0 Å². The van der Waals surface area contributed by atoms with Crippen molar-refractivity contribution in [1.29, 1.82) is 0 Å². The molecule has 0 aromatic carbocycles. The molecule has 1 aromatic rings. The van der Waals surface area contributed by atoms with E-state index in [2.05, 4.69) is 31.1 Å². The van der Waals surface area contributed by atoms with Crippen molar-refractivity contribution < 1.29 is 0 Å². The maximum atomic E-state index is 4.38. The van der Waals surface area contributed by atoms with Gasteiger partial charge in [0.15, 0.2) is 0 Å². The summed E-state index contributed by atoms with van der Waals surface area (Å²) in [7, 11) is 2.01. The van der Waals surface area contributed by atoms with Crippen LogP contribution in [-0.4, -0.2) is 9.78 Å². The highest BCUT2D eigenvalue weighted by Gasteiger charge is 2.06. The second-order valence-electron chi connectivity index (χ2n) is 3.59. The zero-order valence-corrected chi connectivity index (χ0v) is 7.83. The zero-order chi connectivity index (χ0) is 8.72. The van der Waals surface area contributed by atoms with Crippen LogP contribution in [0.5, 0.6) is 0 Å². The van der Waals surface area contributed by atoms with Gasteiger partial charge in [-0.2, -0.15) is 5.10 Å². The maximum Gasteiger partial charge on any atom is 0.0669 e. The molecule has 1 aromatic heterocycles. The van der Waals surface area contributed by atoms with E-state index in [1.165, 1.54) is 10.6 Å². The van der Waals surface area contributed by atoms with Crippen molar-refractivity contribution in [3.05, 3.63) is 16.3 Å². The van der Waals surface area contributed by atoms with Gasteiger partial charge in [0.25, 0.3) is 0 Å². The van der Waals surface area contributed by atoms with Crippen molar-refractivity contribution in [2.24, 2.45) is 13.0 Å². The van der Waals surface area contributed by atoms with E-state index in [4.69, 9.17) is 0 Å². The minimum absolute atomic E-state index is 0.667. The average molecular weight is 162 g/mol. The summed E-state index contributed by atoms with van der Waals surface area (Å²) in [6, 6.07) is 0. The molecule has 0 bridgehead atoms. The summed E-state index contributed by atoms with van der Waals surface area (Å²) in [5.74, 6) is 0.667. The fourth-order valence-electron chi connectivity index (χ4n) is 1.79. The first-order valence-corrected chi connectivity index (χ1v) is 4.40. The molecule has 0 radical (unpaired) electrons. The van der Waals surface area contributed by atoms with Crippen LogP contribution in [0, 0.1) is 12.8 Å². The lowest BCUT2D eigenvalue weighted by atomic mass is 10.0. The lowest BCUT2D eigenvalue weighted by Crippen LogP contribution is -2.32. The molecule has 64 valence electrons. The van der Waals surface area contributed by atoms with Gasteiger partial charge in [-0.15, -0.1) is 0 Å². The molecule has 1 aliphatic rings. The lowest BCUT2D eigenvalue weighted by molar-refractivity contribution is 0.722. The van der Waals surface area contributed by atoms with Crippen molar-refractivity contribution in [2.45, 2.75) is 20.3 Å². The summed E-state index contributed by atoms with van der Waals surface area (Å²) in [6.07, 6.45) is 5.74. The number of hydrogen-bond acceptors (Lipinski definition) is 1. The van der Waals surface area contributed by atoms with Gasteiger partial charge in [-0.3, -0.25) is 4.68 Å². The Hall–Kier alpha value is -1.05. The Morgan fingerprint density at radius 1 is 1.58 bits per heavy atom. The predicted octanol–water partition coefficient (Wildman–Crippen LogP) is 0.329. The molecule has 2 rings (SSSR count). The molecule has 1 heterocycles. The summed E-state index contributed by atoms with van der Waals surface area (Å²) >= 11 is 0. The van der Waals surface area contributed by atoms with Gasteiger partial charge in [0.1, 0.15) is 0 Å². The van der Waals surface area contributed by atoms with Crippen LogP contribution in [0.3, 0.4) is 0 Å². The average Bonchev–Trinajstić information content (AvgIpc) is 2.28. The molecule has 2 heteroatoms. The highest BCUT2D eigenvalue weighted by atomic mass is 15.3. The number of aromatic nitrogens is 2. The topological polar surface area (TPSA) is 17.8 Å². The second-order valence-corrected chi connectivity index (χ2v) is 3.59. The summed E-state index contributed by atoms with van der Waals surface area (Å²) < 4.78 is 1.97. The molecular formula is C10H14N2. The van der Waals surface area contributed by atoms with E-state index in [9.17, 15) is 0 Å². The smallest absolute Gasteiger partial charge is 0.0669 e. The molecule has 1 aliphatic carbocycles. The number of fused-ring (bicyclic) bond motifs is 1. The van der Waals surface area contributed by atoms with Crippen LogP contribution in [0.4, 0.5) is 0 Å². The van der Waals surface area contributed by atoms with Crippen LogP contribution in [0.2, 0.25) is 0 Å². The van der Waals surface area contributed by atoms with E-state index < -0.39 is 0 Å². The maximum absolute atomic E-state index is 4.38. The van der Waals surface area contributed by atoms with Crippen LogP contribution in [-0.2, 0) is 7.05 Å². The first kappa shape index (κ1) is 7.59. The van der Waals surface area contributed by atoms with Gasteiger partial charge in [-0.05, 0) is 19.3 Å². The summed E-state index contributed by atoms with van der Waals surface area (Å²) in [5.41, 5.74) is 1.15. The lowest BCUT2D eigenvalue weighted by Gasteiger charge is -2.04. The van der Waals surface area contributed by atoms with Crippen molar-refractivity contribution in [1.82, 2.24) is 9.78 Å². The fourth-order valence-corrected chi connectivity index (χ4v) is 1.79. The van der Waals surface area contributed by atoms with Crippen LogP contribution >= 0.6 is 0 Å². The van der Waals surface area contributed by atoms with Gasteiger partial charge < -0.3 is 0 Å². The molecule has 12 heavy (non-hydrogen) atoms. The summed E-state index contributed by atoms with van der Waals surface area (Å²) in [6.45, 7) is 4.31. The Kier molecular flexibility index (Phi) is 1.56. The normalized spacial score (nSPS) is 21.1. The third kappa shape index (κ3) is 0.986. The highest BCUT2D eigenvalue weighted by Crippen LogP contribution is 2.06. The number of nitrogens with zero attached hydrogens (tertiary/aromatic N) is 2. The zero-order valence-electron chi connectivity index (χ0n) is 7.83. The minimum atomic E-state index is 0.667. The molecule has 1 atom stereocenters. The van der Waals surface area contributed by atoms with Gasteiger partial charge >= 0.3 is 0 Å². The molecular weight excluding hydrogens is 148 g/mol. The molecule has 0 saturated carbocycles. The largest absolute Gasteiger partial charge is 0.268 e. The van der Waals surface area contributed by atoms with E-state index in [0.29, 0.717) is 5.92 Å². The predicted molar refractivity (Wildman–Crippen MR) is 49.9 cm³/mol. The monoisotopic (exact) mass is 162 g/mol. The van der Waals surface area contributed by atoms with E-state index in [1.54, 1.807) is 0 Å². The molecule has 1 unspecified atom stereocenters. The molecule has 0 spiro atoms. The minimum Gasteiger partial charge on any atom is -0.268 e. The Morgan fingerprint density at radius 2 is 2.33 bits per heavy atom. The van der Waals surface area contributed by atoms with Gasteiger partial charge in [0, 0.05) is 12.3 Å².